The number of carbonyl (C=O) groups is 1. The number of urea groups is 1. The van der Waals surface area contributed by atoms with Crippen LogP contribution in [-0.2, 0) is 12.8 Å². The van der Waals surface area contributed by atoms with E-state index in [2.05, 4.69) is 25.9 Å². The second-order valence-corrected chi connectivity index (χ2v) is 6.75. The smallest absolute Gasteiger partial charge is 0.317 e. The van der Waals surface area contributed by atoms with Crippen molar-refractivity contribution < 1.29 is 9.90 Å². The minimum atomic E-state index is -0.349. The van der Waals surface area contributed by atoms with Crippen LogP contribution in [0.25, 0.3) is 0 Å². The molecule has 3 rings (SSSR count). The molecule has 0 bridgehead atoms. The number of nitrogens with zero attached hydrogens (tertiary/aromatic N) is 4. The first-order valence-electron chi connectivity index (χ1n) is 9.19. The predicted octanol–water partition coefficient (Wildman–Crippen LogP) is 1.16. The molecule has 0 aliphatic carbocycles. The summed E-state index contributed by atoms with van der Waals surface area (Å²) in [6, 6.07) is 10.0. The second kappa shape index (κ2) is 9.28. The number of aromatic nitrogens is 4. The SMILES string of the molecule is O=C(NCCCc1nn[nH]n1)N1CCC(C(O)Cc2ccccc2)CC1. The van der Waals surface area contributed by atoms with Crippen LogP contribution in [0.1, 0.15) is 30.7 Å². The number of carbonyl (C=O) groups excluding carboxylic acids is 1. The van der Waals surface area contributed by atoms with Gasteiger partial charge in [0.25, 0.3) is 0 Å². The van der Waals surface area contributed by atoms with Crippen molar-refractivity contribution in [3.05, 3.63) is 41.7 Å². The molecule has 2 heterocycles. The summed E-state index contributed by atoms with van der Waals surface area (Å²) in [6.45, 7) is 1.96. The van der Waals surface area contributed by atoms with Gasteiger partial charge < -0.3 is 15.3 Å². The summed E-state index contributed by atoms with van der Waals surface area (Å²) in [5.41, 5.74) is 1.15. The van der Waals surface area contributed by atoms with Gasteiger partial charge in [0.05, 0.1) is 6.10 Å². The third-order valence-electron chi connectivity index (χ3n) is 4.90. The van der Waals surface area contributed by atoms with Gasteiger partial charge in [-0.2, -0.15) is 5.21 Å². The molecule has 1 aromatic heterocycles. The van der Waals surface area contributed by atoms with Crippen LogP contribution in [0.2, 0.25) is 0 Å². The van der Waals surface area contributed by atoms with E-state index < -0.39 is 0 Å². The number of amides is 2. The van der Waals surface area contributed by atoms with Gasteiger partial charge in [0.2, 0.25) is 0 Å². The van der Waals surface area contributed by atoms with Gasteiger partial charge in [-0.15, -0.1) is 10.2 Å². The Kier molecular flexibility index (Phi) is 6.54. The summed E-state index contributed by atoms with van der Waals surface area (Å²) >= 11 is 0. The maximum atomic E-state index is 12.2. The molecule has 8 heteroatoms. The largest absolute Gasteiger partial charge is 0.392 e. The average Bonchev–Trinajstić information content (AvgIpc) is 3.19. The van der Waals surface area contributed by atoms with Crippen LogP contribution in [-0.4, -0.2) is 62.4 Å². The number of likely N-dealkylation sites (tertiary alicyclic amines) is 1. The van der Waals surface area contributed by atoms with Crippen molar-refractivity contribution in [3.8, 4) is 0 Å². The van der Waals surface area contributed by atoms with Gasteiger partial charge >= 0.3 is 6.03 Å². The number of hydrogen-bond acceptors (Lipinski definition) is 5. The highest BCUT2D eigenvalue weighted by molar-refractivity contribution is 5.74. The lowest BCUT2D eigenvalue weighted by Crippen LogP contribution is -2.46. The molecule has 1 unspecified atom stereocenters. The summed E-state index contributed by atoms with van der Waals surface area (Å²) < 4.78 is 0. The minimum absolute atomic E-state index is 0.0332. The predicted molar refractivity (Wildman–Crippen MR) is 96.3 cm³/mol. The fourth-order valence-electron chi connectivity index (χ4n) is 3.35. The number of benzene rings is 1. The van der Waals surface area contributed by atoms with Crippen molar-refractivity contribution in [2.24, 2.45) is 5.92 Å². The van der Waals surface area contributed by atoms with Crippen molar-refractivity contribution in [1.29, 1.82) is 0 Å². The van der Waals surface area contributed by atoms with E-state index in [0.717, 1.165) is 24.8 Å². The van der Waals surface area contributed by atoms with Crippen molar-refractivity contribution in [1.82, 2.24) is 30.8 Å². The highest BCUT2D eigenvalue weighted by Gasteiger charge is 2.27. The summed E-state index contributed by atoms with van der Waals surface area (Å²) in [6.07, 6.45) is 3.46. The number of aromatic amines is 1. The molecule has 1 saturated heterocycles. The van der Waals surface area contributed by atoms with Crippen molar-refractivity contribution >= 4 is 6.03 Å². The third kappa shape index (κ3) is 5.26. The molecular formula is C18H26N6O2. The molecule has 0 radical (unpaired) electrons. The molecular weight excluding hydrogens is 332 g/mol. The molecule has 1 atom stereocenters. The Bertz CT molecular complexity index is 656. The van der Waals surface area contributed by atoms with Crippen LogP contribution in [0.15, 0.2) is 30.3 Å². The van der Waals surface area contributed by atoms with E-state index in [-0.39, 0.29) is 18.1 Å². The molecule has 26 heavy (non-hydrogen) atoms. The topological polar surface area (TPSA) is 107 Å². The Labute approximate surface area is 153 Å². The summed E-state index contributed by atoms with van der Waals surface area (Å²) in [5.74, 6) is 0.907. The molecule has 1 fully saturated rings. The maximum Gasteiger partial charge on any atom is 0.317 e. The lowest BCUT2D eigenvalue weighted by molar-refractivity contribution is 0.0672. The Hall–Kier alpha value is -2.48. The quantitative estimate of drug-likeness (QED) is 0.644. The van der Waals surface area contributed by atoms with Crippen LogP contribution in [0.5, 0.6) is 0 Å². The monoisotopic (exact) mass is 358 g/mol. The highest BCUT2D eigenvalue weighted by atomic mass is 16.3. The van der Waals surface area contributed by atoms with Crippen LogP contribution in [0, 0.1) is 5.92 Å². The molecule has 1 aliphatic heterocycles. The first-order chi connectivity index (χ1) is 12.7. The summed E-state index contributed by atoms with van der Waals surface area (Å²) in [4.78, 5) is 14.1. The number of rotatable bonds is 7. The van der Waals surface area contributed by atoms with Gasteiger partial charge in [-0.3, -0.25) is 0 Å². The molecule has 1 aromatic carbocycles. The lowest BCUT2D eigenvalue weighted by Gasteiger charge is -2.34. The first kappa shape index (κ1) is 18.3. The number of H-pyrrole nitrogens is 1. The molecule has 2 amide bonds. The molecule has 3 N–H and O–H groups in total. The zero-order valence-electron chi connectivity index (χ0n) is 14.8. The second-order valence-electron chi connectivity index (χ2n) is 6.75. The van der Waals surface area contributed by atoms with Crippen molar-refractivity contribution in [3.63, 3.8) is 0 Å². The Morgan fingerprint density at radius 3 is 2.77 bits per heavy atom. The van der Waals surface area contributed by atoms with Crippen LogP contribution in [0.3, 0.4) is 0 Å². The number of piperidine rings is 1. The van der Waals surface area contributed by atoms with E-state index in [1.807, 2.05) is 35.2 Å². The lowest BCUT2D eigenvalue weighted by atomic mass is 9.88. The third-order valence-corrected chi connectivity index (χ3v) is 4.90. The van der Waals surface area contributed by atoms with E-state index in [4.69, 9.17) is 0 Å². The molecule has 2 aromatic rings. The van der Waals surface area contributed by atoms with Gasteiger partial charge in [0.15, 0.2) is 5.82 Å². The Balaban J connectivity index is 1.34. The molecule has 0 spiro atoms. The normalized spacial score (nSPS) is 16.4. The van der Waals surface area contributed by atoms with Gasteiger partial charge in [0, 0.05) is 26.1 Å². The Morgan fingerprint density at radius 2 is 2.08 bits per heavy atom. The maximum absolute atomic E-state index is 12.2. The highest BCUT2D eigenvalue weighted by Crippen LogP contribution is 2.23. The number of aliphatic hydroxyl groups excluding tert-OH is 1. The van der Waals surface area contributed by atoms with Gasteiger partial charge in [-0.25, -0.2) is 4.79 Å². The molecule has 8 nitrogen and oxygen atoms in total. The summed E-state index contributed by atoms with van der Waals surface area (Å²) in [5, 5.41) is 27.1. The van der Waals surface area contributed by atoms with Gasteiger partial charge in [-0.1, -0.05) is 35.5 Å². The van der Waals surface area contributed by atoms with E-state index in [1.54, 1.807) is 0 Å². The molecule has 140 valence electrons. The zero-order chi connectivity index (χ0) is 18.2. The standard InChI is InChI=1S/C18H26N6O2/c25-16(13-14-5-2-1-3-6-14)15-8-11-24(12-9-15)18(26)19-10-4-7-17-20-22-23-21-17/h1-3,5-6,15-16,25H,4,7-13H2,(H,19,26)(H,20,21,22,23). The fraction of sp³-hybridized carbons (Fsp3) is 0.556. The Morgan fingerprint density at radius 1 is 1.31 bits per heavy atom. The van der Waals surface area contributed by atoms with Crippen molar-refractivity contribution in [2.75, 3.05) is 19.6 Å². The van der Waals surface area contributed by atoms with Crippen LogP contribution in [0.4, 0.5) is 4.79 Å². The van der Waals surface area contributed by atoms with Gasteiger partial charge in [0.1, 0.15) is 0 Å². The number of hydrogen-bond donors (Lipinski definition) is 3. The fourth-order valence-corrected chi connectivity index (χ4v) is 3.35. The summed E-state index contributed by atoms with van der Waals surface area (Å²) in [7, 11) is 0. The zero-order valence-corrected chi connectivity index (χ0v) is 14.8. The van der Waals surface area contributed by atoms with Crippen molar-refractivity contribution in [2.45, 2.75) is 38.2 Å². The number of aliphatic hydroxyl groups is 1. The van der Waals surface area contributed by atoms with Gasteiger partial charge in [-0.05, 0) is 37.2 Å². The van der Waals surface area contributed by atoms with Crippen LogP contribution < -0.4 is 5.32 Å². The van der Waals surface area contributed by atoms with Crippen LogP contribution >= 0.6 is 0 Å². The average molecular weight is 358 g/mol. The first-order valence-corrected chi connectivity index (χ1v) is 9.19. The number of aryl methyl sites for hydroxylation is 1. The molecule has 0 saturated carbocycles. The number of nitrogens with one attached hydrogen (secondary N) is 2. The minimum Gasteiger partial charge on any atom is -0.392 e. The molecule has 1 aliphatic rings. The van der Waals surface area contributed by atoms with E-state index in [0.29, 0.717) is 38.3 Å². The van der Waals surface area contributed by atoms with E-state index >= 15 is 0 Å². The van der Waals surface area contributed by atoms with E-state index in [1.165, 1.54) is 0 Å². The number of tetrazole rings is 1. The van der Waals surface area contributed by atoms with E-state index in [9.17, 15) is 9.90 Å².